The first-order valence-electron chi connectivity index (χ1n) is 10.7. The molecule has 3 aromatic carbocycles. The van der Waals surface area contributed by atoms with Gasteiger partial charge in [0.25, 0.3) is 0 Å². The number of nitrogens with one attached hydrogen (secondary N) is 1. The molecule has 0 saturated heterocycles. The van der Waals surface area contributed by atoms with Crippen LogP contribution >= 0.6 is 11.8 Å². The quantitative estimate of drug-likeness (QED) is 0.295. The summed E-state index contributed by atoms with van der Waals surface area (Å²) in [5, 5.41) is 14.4. The molecule has 4 rings (SSSR count). The van der Waals surface area contributed by atoms with E-state index in [1.54, 1.807) is 0 Å². The van der Waals surface area contributed by atoms with E-state index in [1.165, 1.54) is 27.2 Å². The topological polar surface area (TPSA) is 85.8 Å². The van der Waals surface area contributed by atoms with E-state index in [-0.39, 0.29) is 11.7 Å². The first kappa shape index (κ1) is 21.9. The van der Waals surface area contributed by atoms with Crippen LogP contribution in [0.4, 0.5) is 5.69 Å². The van der Waals surface area contributed by atoms with Crippen LogP contribution in [0.25, 0.3) is 10.8 Å². The number of anilines is 1. The zero-order chi connectivity index (χ0) is 22.5. The maximum Gasteiger partial charge on any atom is 0.234 e. The van der Waals surface area contributed by atoms with Gasteiger partial charge in [0.1, 0.15) is 0 Å². The largest absolute Gasteiger partial charge is 0.336 e. The van der Waals surface area contributed by atoms with Crippen LogP contribution in [-0.2, 0) is 11.2 Å². The fraction of sp³-hybridized carbons (Fsp3) is 0.240. The molecular formula is C25H27N5OS. The van der Waals surface area contributed by atoms with E-state index >= 15 is 0 Å². The van der Waals surface area contributed by atoms with E-state index in [1.807, 2.05) is 36.4 Å². The third-order valence-electron chi connectivity index (χ3n) is 5.67. The number of amides is 1. The van der Waals surface area contributed by atoms with Gasteiger partial charge in [-0.25, -0.2) is 4.68 Å². The standard InChI is InChI=1S/C25H27N5OS/c1-3-17(2)20-12-6-7-14-22(20)27-24(31)16-32-25-29-28-23(30(25)26)15-19-11-8-10-18-9-4-5-13-21(18)19/h4-14,17H,3,15-16,26H2,1-2H3,(H,27,31)/t17-/m1/s1. The van der Waals surface area contributed by atoms with Crippen LogP contribution in [-0.4, -0.2) is 26.5 Å². The summed E-state index contributed by atoms with van der Waals surface area (Å²) in [6, 6.07) is 22.4. The van der Waals surface area contributed by atoms with Gasteiger partial charge in [0.2, 0.25) is 11.1 Å². The minimum Gasteiger partial charge on any atom is -0.336 e. The number of fused-ring (bicyclic) bond motifs is 1. The summed E-state index contributed by atoms with van der Waals surface area (Å²) in [4.78, 5) is 12.6. The molecule has 1 aromatic heterocycles. The highest BCUT2D eigenvalue weighted by Crippen LogP contribution is 2.27. The van der Waals surface area contributed by atoms with Crippen LogP contribution in [0, 0.1) is 0 Å². The van der Waals surface area contributed by atoms with Gasteiger partial charge in [-0.1, -0.05) is 86.3 Å². The molecule has 3 N–H and O–H groups in total. The summed E-state index contributed by atoms with van der Waals surface area (Å²) in [6.07, 6.45) is 1.58. The number of nitrogens with zero attached hydrogens (tertiary/aromatic N) is 3. The molecule has 164 valence electrons. The minimum atomic E-state index is -0.0932. The number of carbonyl (C=O) groups is 1. The molecule has 1 heterocycles. The maximum atomic E-state index is 12.6. The maximum absolute atomic E-state index is 12.6. The van der Waals surface area contributed by atoms with Gasteiger partial charge < -0.3 is 11.2 Å². The highest BCUT2D eigenvalue weighted by molar-refractivity contribution is 7.99. The van der Waals surface area contributed by atoms with Crippen molar-refractivity contribution >= 4 is 34.1 Å². The van der Waals surface area contributed by atoms with Crippen molar-refractivity contribution in [2.45, 2.75) is 37.8 Å². The molecule has 0 spiro atoms. The molecule has 7 heteroatoms. The van der Waals surface area contributed by atoms with Gasteiger partial charge in [-0.15, -0.1) is 10.2 Å². The van der Waals surface area contributed by atoms with Gasteiger partial charge in [0, 0.05) is 12.1 Å². The van der Waals surface area contributed by atoms with Crippen LogP contribution in [0.2, 0.25) is 0 Å². The fourth-order valence-corrected chi connectivity index (χ4v) is 4.40. The Morgan fingerprint density at radius 1 is 1.06 bits per heavy atom. The van der Waals surface area contributed by atoms with E-state index in [0.717, 1.165) is 23.2 Å². The average molecular weight is 446 g/mol. The lowest BCUT2D eigenvalue weighted by Crippen LogP contribution is -2.18. The first-order valence-corrected chi connectivity index (χ1v) is 11.7. The molecule has 1 amide bonds. The van der Waals surface area contributed by atoms with Crippen molar-refractivity contribution < 1.29 is 4.79 Å². The zero-order valence-electron chi connectivity index (χ0n) is 18.3. The normalized spacial score (nSPS) is 12.1. The van der Waals surface area contributed by atoms with Crippen molar-refractivity contribution in [3.05, 3.63) is 83.7 Å². The lowest BCUT2D eigenvalue weighted by atomic mass is 9.97. The number of carbonyl (C=O) groups excluding carboxylic acids is 1. The van der Waals surface area contributed by atoms with Crippen molar-refractivity contribution in [2.75, 3.05) is 16.9 Å². The number of hydrogen-bond acceptors (Lipinski definition) is 5. The summed E-state index contributed by atoms with van der Waals surface area (Å²) < 4.78 is 1.48. The van der Waals surface area contributed by atoms with Crippen LogP contribution in [0.3, 0.4) is 0 Å². The molecule has 0 aliphatic heterocycles. The number of nitrogens with two attached hydrogens (primary N) is 1. The Morgan fingerprint density at radius 2 is 1.81 bits per heavy atom. The Labute approximate surface area is 192 Å². The van der Waals surface area contributed by atoms with Crippen molar-refractivity contribution in [1.29, 1.82) is 0 Å². The lowest BCUT2D eigenvalue weighted by Gasteiger charge is -2.15. The second-order valence-electron chi connectivity index (χ2n) is 7.82. The van der Waals surface area contributed by atoms with Gasteiger partial charge in [-0.05, 0) is 40.3 Å². The summed E-state index contributed by atoms with van der Waals surface area (Å²) in [6.45, 7) is 4.30. The molecule has 1 atom stereocenters. The minimum absolute atomic E-state index is 0.0932. The Hall–Kier alpha value is -3.32. The third kappa shape index (κ3) is 4.78. The van der Waals surface area contributed by atoms with E-state index in [9.17, 15) is 4.79 Å². The number of para-hydroxylation sites is 1. The predicted molar refractivity (Wildman–Crippen MR) is 131 cm³/mol. The van der Waals surface area contributed by atoms with Crippen molar-refractivity contribution in [3.63, 3.8) is 0 Å². The summed E-state index contributed by atoms with van der Waals surface area (Å²) in [5.74, 6) is 7.40. The van der Waals surface area contributed by atoms with Gasteiger partial charge in [-0.3, -0.25) is 4.79 Å². The Balaban J connectivity index is 1.42. The van der Waals surface area contributed by atoms with Crippen LogP contribution in [0.15, 0.2) is 71.9 Å². The second-order valence-corrected chi connectivity index (χ2v) is 8.76. The molecule has 0 aliphatic carbocycles. The molecule has 0 aliphatic rings. The highest BCUT2D eigenvalue weighted by atomic mass is 32.2. The molecule has 32 heavy (non-hydrogen) atoms. The van der Waals surface area contributed by atoms with Gasteiger partial charge in [0.15, 0.2) is 5.82 Å². The zero-order valence-corrected chi connectivity index (χ0v) is 19.1. The molecular weight excluding hydrogens is 418 g/mol. The van der Waals surface area contributed by atoms with Crippen molar-refractivity contribution in [1.82, 2.24) is 14.9 Å². The van der Waals surface area contributed by atoms with E-state index in [0.29, 0.717) is 23.3 Å². The average Bonchev–Trinajstić information content (AvgIpc) is 3.17. The van der Waals surface area contributed by atoms with Gasteiger partial charge in [0.05, 0.1) is 5.75 Å². The number of hydrogen-bond donors (Lipinski definition) is 2. The number of nitrogen functional groups attached to an aromatic ring is 1. The molecule has 4 aromatic rings. The summed E-state index contributed by atoms with van der Waals surface area (Å²) in [7, 11) is 0. The number of aromatic nitrogens is 3. The molecule has 0 unspecified atom stereocenters. The second kappa shape index (κ2) is 9.87. The van der Waals surface area contributed by atoms with Gasteiger partial charge in [-0.2, -0.15) is 0 Å². The molecule has 6 nitrogen and oxygen atoms in total. The van der Waals surface area contributed by atoms with Gasteiger partial charge >= 0.3 is 0 Å². The van der Waals surface area contributed by atoms with Crippen LogP contribution < -0.4 is 11.2 Å². The number of rotatable bonds is 8. The first-order chi connectivity index (χ1) is 15.6. The van der Waals surface area contributed by atoms with E-state index in [2.05, 4.69) is 59.7 Å². The van der Waals surface area contributed by atoms with Crippen LogP contribution in [0.5, 0.6) is 0 Å². The fourth-order valence-electron chi connectivity index (χ4n) is 3.72. The Bertz CT molecular complexity index is 1230. The molecule has 0 radical (unpaired) electrons. The van der Waals surface area contributed by atoms with Crippen molar-refractivity contribution in [2.24, 2.45) is 0 Å². The van der Waals surface area contributed by atoms with Crippen LogP contribution in [0.1, 0.15) is 43.1 Å². The van der Waals surface area contributed by atoms with E-state index < -0.39 is 0 Å². The highest BCUT2D eigenvalue weighted by Gasteiger charge is 2.15. The molecule has 0 bridgehead atoms. The monoisotopic (exact) mass is 445 g/mol. The SMILES string of the molecule is CC[C@@H](C)c1ccccc1NC(=O)CSc1nnc(Cc2cccc3ccccc23)n1N. The lowest BCUT2D eigenvalue weighted by molar-refractivity contribution is -0.113. The van der Waals surface area contributed by atoms with Crippen molar-refractivity contribution in [3.8, 4) is 0 Å². The molecule has 0 fully saturated rings. The van der Waals surface area contributed by atoms with E-state index in [4.69, 9.17) is 5.84 Å². The third-order valence-corrected chi connectivity index (χ3v) is 6.62. The smallest absolute Gasteiger partial charge is 0.234 e. The summed E-state index contributed by atoms with van der Waals surface area (Å²) >= 11 is 1.28. The Morgan fingerprint density at radius 3 is 2.66 bits per heavy atom. The predicted octanol–water partition coefficient (Wildman–Crippen LogP) is 4.98. The number of thioether (sulfide) groups is 1. The Kier molecular flexibility index (Phi) is 6.75. The number of benzene rings is 3. The molecule has 0 saturated carbocycles. The summed E-state index contributed by atoms with van der Waals surface area (Å²) in [5.41, 5.74) is 3.14.